The van der Waals surface area contributed by atoms with Crippen molar-refractivity contribution in [3.63, 3.8) is 0 Å². The third-order valence-electron chi connectivity index (χ3n) is 1.70. The second-order valence-corrected chi connectivity index (χ2v) is 3.16. The molecule has 0 aromatic heterocycles. The number of alkyl halides is 1. The van der Waals surface area contributed by atoms with E-state index in [1.54, 1.807) is 30.3 Å². The zero-order valence-corrected chi connectivity index (χ0v) is 8.82. The fourth-order valence-electron chi connectivity index (χ4n) is 0.950. The van der Waals surface area contributed by atoms with Gasteiger partial charge in [0.2, 0.25) is 5.50 Å². The number of esters is 1. The van der Waals surface area contributed by atoms with Crippen LogP contribution >= 0.6 is 11.6 Å². The molecule has 80 valence electrons. The molecule has 1 aromatic rings. The van der Waals surface area contributed by atoms with Gasteiger partial charge in [0.1, 0.15) is 0 Å². The topological polar surface area (TPSA) is 55.4 Å². The largest absolute Gasteiger partial charge is 0.467 e. The van der Waals surface area contributed by atoms with Gasteiger partial charge in [-0.1, -0.05) is 29.8 Å². The van der Waals surface area contributed by atoms with Gasteiger partial charge < -0.3 is 10.1 Å². The van der Waals surface area contributed by atoms with Crippen LogP contribution in [0.5, 0.6) is 0 Å². The van der Waals surface area contributed by atoms with Crippen LogP contribution in [0, 0.1) is 0 Å². The van der Waals surface area contributed by atoms with Gasteiger partial charge in [0.05, 0.1) is 7.11 Å². The molecule has 5 heteroatoms. The minimum absolute atomic E-state index is 0.416. The van der Waals surface area contributed by atoms with Gasteiger partial charge in [-0.15, -0.1) is 0 Å². The van der Waals surface area contributed by atoms with E-state index in [9.17, 15) is 9.59 Å². The summed E-state index contributed by atoms with van der Waals surface area (Å²) in [6, 6.07) is 8.47. The van der Waals surface area contributed by atoms with E-state index in [0.29, 0.717) is 5.56 Å². The summed E-state index contributed by atoms with van der Waals surface area (Å²) >= 11 is 5.57. The van der Waals surface area contributed by atoms with Gasteiger partial charge >= 0.3 is 5.97 Å². The van der Waals surface area contributed by atoms with E-state index in [-0.39, 0.29) is 0 Å². The number of hydrogen-bond acceptors (Lipinski definition) is 3. The molecule has 1 aromatic carbocycles. The minimum Gasteiger partial charge on any atom is -0.467 e. The minimum atomic E-state index is -1.16. The first kappa shape index (κ1) is 11.5. The number of carbonyl (C=O) groups excluding carboxylic acids is 2. The molecule has 0 heterocycles. The summed E-state index contributed by atoms with van der Waals surface area (Å²) in [7, 11) is 1.20. The van der Waals surface area contributed by atoms with Crippen molar-refractivity contribution in [1.82, 2.24) is 5.32 Å². The van der Waals surface area contributed by atoms with E-state index in [4.69, 9.17) is 11.6 Å². The van der Waals surface area contributed by atoms with Gasteiger partial charge in [-0.2, -0.15) is 0 Å². The van der Waals surface area contributed by atoms with Gasteiger partial charge in [-0.05, 0) is 12.1 Å². The normalized spacial score (nSPS) is 11.6. The predicted octanol–water partition coefficient (Wildman–Crippen LogP) is 1.15. The molecule has 1 amide bonds. The number of nitrogens with one attached hydrogen (secondary N) is 1. The summed E-state index contributed by atoms with van der Waals surface area (Å²) < 4.78 is 4.36. The number of amides is 1. The highest BCUT2D eigenvalue weighted by atomic mass is 35.5. The van der Waals surface area contributed by atoms with Crippen LogP contribution in [0.1, 0.15) is 10.4 Å². The van der Waals surface area contributed by atoms with Gasteiger partial charge in [-0.25, -0.2) is 4.79 Å². The summed E-state index contributed by atoms with van der Waals surface area (Å²) in [6.07, 6.45) is 0. The summed E-state index contributed by atoms with van der Waals surface area (Å²) in [5.41, 5.74) is -0.727. The van der Waals surface area contributed by atoms with E-state index in [1.807, 2.05) is 0 Å². The lowest BCUT2D eigenvalue weighted by Gasteiger charge is -2.09. The third kappa shape index (κ3) is 3.25. The van der Waals surface area contributed by atoms with Gasteiger partial charge in [0.15, 0.2) is 0 Å². The molecule has 0 saturated heterocycles. The van der Waals surface area contributed by atoms with Crippen molar-refractivity contribution in [2.24, 2.45) is 0 Å². The summed E-state index contributed by atoms with van der Waals surface area (Å²) in [5, 5.41) is 2.30. The standard InChI is InChI=1S/C10H10ClNO3/c1-15-10(14)8(11)12-9(13)7-5-3-2-4-6-7/h2-6,8H,1H3,(H,12,13)/t8-/m1/s1. The zero-order valence-electron chi connectivity index (χ0n) is 8.07. The third-order valence-corrected chi connectivity index (χ3v) is 1.99. The van der Waals surface area contributed by atoms with Crippen LogP contribution in [-0.2, 0) is 9.53 Å². The molecule has 4 nitrogen and oxygen atoms in total. The molecule has 15 heavy (non-hydrogen) atoms. The Balaban J connectivity index is 2.61. The Morgan fingerprint density at radius 2 is 1.93 bits per heavy atom. The van der Waals surface area contributed by atoms with Crippen molar-refractivity contribution >= 4 is 23.5 Å². The molecule has 1 atom stereocenters. The number of halogens is 1. The summed E-state index contributed by atoms with van der Waals surface area (Å²) in [6.45, 7) is 0. The van der Waals surface area contributed by atoms with E-state index < -0.39 is 17.4 Å². The lowest BCUT2D eigenvalue weighted by atomic mass is 10.2. The molecule has 0 aliphatic rings. The first-order valence-corrected chi connectivity index (χ1v) is 4.66. The van der Waals surface area contributed by atoms with Crippen LogP contribution in [0.4, 0.5) is 0 Å². The van der Waals surface area contributed by atoms with Gasteiger partial charge in [0.25, 0.3) is 5.91 Å². The highest BCUT2D eigenvalue weighted by Gasteiger charge is 2.18. The van der Waals surface area contributed by atoms with Gasteiger partial charge in [-0.3, -0.25) is 4.79 Å². The number of benzene rings is 1. The average Bonchev–Trinajstić information content (AvgIpc) is 2.29. The van der Waals surface area contributed by atoms with Gasteiger partial charge in [0, 0.05) is 5.56 Å². The Kier molecular flexibility index (Phi) is 4.12. The zero-order chi connectivity index (χ0) is 11.3. The monoisotopic (exact) mass is 227 g/mol. The van der Waals surface area contributed by atoms with Crippen molar-refractivity contribution in [3.8, 4) is 0 Å². The maximum Gasteiger partial charge on any atom is 0.344 e. The first-order chi connectivity index (χ1) is 7.15. The second-order valence-electron chi connectivity index (χ2n) is 2.73. The number of ether oxygens (including phenoxy) is 1. The summed E-state index contributed by atoms with van der Waals surface area (Å²) in [5.74, 6) is -1.11. The second kappa shape index (κ2) is 5.36. The lowest BCUT2D eigenvalue weighted by molar-refractivity contribution is -0.140. The van der Waals surface area contributed by atoms with E-state index >= 15 is 0 Å². The molecule has 0 spiro atoms. The fourth-order valence-corrected chi connectivity index (χ4v) is 1.14. The molecular weight excluding hydrogens is 218 g/mol. The molecule has 0 radical (unpaired) electrons. The number of methoxy groups -OCH3 is 1. The van der Waals surface area contributed by atoms with Crippen LogP contribution in [0.2, 0.25) is 0 Å². The smallest absolute Gasteiger partial charge is 0.344 e. The molecule has 0 aliphatic heterocycles. The maximum atomic E-state index is 11.5. The van der Waals surface area contributed by atoms with Crippen molar-refractivity contribution < 1.29 is 14.3 Å². The maximum absolute atomic E-state index is 11.5. The SMILES string of the molecule is COC(=O)[C@H](Cl)NC(=O)c1ccccc1. The lowest BCUT2D eigenvalue weighted by Crippen LogP contribution is -2.37. The molecule has 0 saturated carbocycles. The summed E-state index contributed by atoms with van der Waals surface area (Å²) in [4.78, 5) is 22.4. The van der Waals surface area contributed by atoms with Crippen molar-refractivity contribution in [2.75, 3.05) is 7.11 Å². The van der Waals surface area contributed by atoms with Crippen LogP contribution in [0.3, 0.4) is 0 Å². The number of rotatable bonds is 3. The molecule has 0 bridgehead atoms. The molecule has 0 aliphatic carbocycles. The van der Waals surface area contributed by atoms with E-state index in [0.717, 1.165) is 0 Å². The Morgan fingerprint density at radius 1 is 1.33 bits per heavy atom. The van der Waals surface area contributed by atoms with Crippen molar-refractivity contribution in [1.29, 1.82) is 0 Å². The number of hydrogen-bond donors (Lipinski definition) is 1. The Morgan fingerprint density at radius 3 is 2.47 bits per heavy atom. The molecular formula is C10H10ClNO3. The van der Waals surface area contributed by atoms with Crippen LogP contribution in [-0.4, -0.2) is 24.5 Å². The molecule has 0 fully saturated rings. The Bertz CT molecular complexity index is 353. The first-order valence-electron chi connectivity index (χ1n) is 4.23. The predicted molar refractivity (Wildman–Crippen MR) is 55.6 cm³/mol. The quantitative estimate of drug-likeness (QED) is 0.479. The molecule has 1 N–H and O–H groups in total. The molecule has 1 rings (SSSR count). The van der Waals surface area contributed by atoms with Crippen LogP contribution in [0.15, 0.2) is 30.3 Å². The van der Waals surface area contributed by atoms with Crippen LogP contribution in [0.25, 0.3) is 0 Å². The van der Waals surface area contributed by atoms with E-state index in [2.05, 4.69) is 10.1 Å². The Labute approximate surface area is 92.2 Å². The highest BCUT2D eigenvalue weighted by molar-refractivity contribution is 6.30. The molecule has 0 unspecified atom stereocenters. The van der Waals surface area contributed by atoms with Crippen molar-refractivity contribution in [3.05, 3.63) is 35.9 Å². The highest BCUT2D eigenvalue weighted by Crippen LogP contribution is 2.01. The van der Waals surface area contributed by atoms with E-state index in [1.165, 1.54) is 7.11 Å². The van der Waals surface area contributed by atoms with Crippen LogP contribution < -0.4 is 5.32 Å². The Hall–Kier alpha value is -1.55. The fraction of sp³-hybridized carbons (Fsp3) is 0.200. The average molecular weight is 228 g/mol. The van der Waals surface area contributed by atoms with Crippen molar-refractivity contribution in [2.45, 2.75) is 5.50 Å². The number of carbonyl (C=O) groups is 2.